The van der Waals surface area contributed by atoms with Gasteiger partial charge in [-0.3, -0.25) is 0 Å². The number of nitrogens with one attached hydrogen (secondary N) is 1. The molecule has 0 radical (unpaired) electrons. The Bertz CT molecular complexity index is 172. The minimum atomic E-state index is 0.507. The van der Waals surface area contributed by atoms with Crippen molar-refractivity contribution in [2.75, 3.05) is 5.75 Å². The highest BCUT2D eigenvalue weighted by atomic mass is 32.1. The van der Waals surface area contributed by atoms with Crippen LogP contribution in [0, 0.1) is 0 Å². The summed E-state index contributed by atoms with van der Waals surface area (Å²) < 4.78 is 0. The molecular formula is C7H12N2S. The summed E-state index contributed by atoms with van der Waals surface area (Å²) in [6.45, 7) is 2.15. The lowest BCUT2D eigenvalue weighted by atomic mass is 10.1. The molecule has 1 unspecified atom stereocenters. The minimum absolute atomic E-state index is 0.507. The largest absolute Gasteiger partial charge is 0.348 e. The van der Waals surface area contributed by atoms with E-state index in [4.69, 9.17) is 0 Å². The molecule has 0 amide bonds. The number of hydrogen-bond acceptors (Lipinski definition) is 2. The molecular weight excluding hydrogens is 144 g/mol. The van der Waals surface area contributed by atoms with Gasteiger partial charge in [0.15, 0.2) is 0 Å². The van der Waals surface area contributed by atoms with Crippen LogP contribution >= 0.6 is 12.6 Å². The number of imidazole rings is 1. The van der Waals surface area contributed by atoms with Gasteiger partial charge in [-0.15, -0.1) is 0 Å². The number of hydrogen-bond donors (Lipinski definition) is 2. The second kappa shape index (κ2) is 3.66. The summed E-state index contributed by atoms with van der Waals surface area (Å²) in [5.41, 5.74) is 0. The van der Waals surface area contributed by atoms with Gasteiger partial charge < -0.3 is 4.98 Å². The van der Waals surface area contributed by atoms with Gasteiger partial charge in [-0.2, -0.15) is 12.6 Å². The average molecular weight is 156 g/mol. The van der Waals surface area contributed by atoms with Gasteiger partial charge in [0.25, 0.3) is 0 Å². The molecule has 0 saturated carbocycles. The van der Waals surface area contributed by atoms with E-state index >= 15 is 0 Å². The first kappa shape index (κ1) is 7.66. The van der Waals surface area contributed by atoms with Crippen molar-refractivity contribution in [2.45, 2.75) is 19.3 Å². The lowest BCUT2D eigenvalue weighted by Crippen LogP contribution is -1.96. The monoisotopic (exact) mass is 156 g/mol. The Hall–Kier alpha value is -0.440. The molecule has 1 heterocycles. The van der Waals surface area contributed by atoms with Crippen LogP contribution in [-0.2, 0) is 0 Å². The third-order valence-corrected chi connectivity index (χ3v) is 1.81. The third-order valence-electron chi connectivity index (χ3n) is 1.55. The summed E-state index contributed by atoms with van der Waals surface area (Å²) >= 11 is 4.15. The van der Waals surface area contributed by atoms with E-state index in [2.05, 4.69) is 29.5 Å². The number of thiol groups is 1. The highest BCUT2D eigenvalue weighted by Crippen LogP contribution is 2.13. The first-order valence-electron chi connectivity index (χ1n) is 3.44. The van der Waals surface area contributed by atoms with Crippen molar-refractivity contribution in [1.29, 1.82) is 0 Å². The quantitative estimate of drug-likeness (QED) is 0.642. The Balaban J connectivity index is 2.50. The molecule has 1 rings (SSSR count). The molecule has 0 aromatic carbocycles. The summed E-state index contributed by atoms with van der Waals surface area (Å²) in [6, 6.07) is 0. The average Bonchev–Trinajstić information content (AvgIpc) is 2.38. The normalized spacial score (nSPS) is 13.4. The van der Waals surface area contributed by atoms with E-state index in [0.717, 1.165) is 18.0 Å². The van der Waals surface area contributed by atoms with Crippen LogP contribution in [0.15, 0.2) is 12.4 Å². The number of H-pyrrole nitrogens is 1. The third kappa shape index (κ3) is 1.77. The predicted octanol–water partition coefficient (Wildman–Crippen LogP) is 1.83. The molecule has 1 aromatic rings. The van der Waals surface area contributed by atoms with E-state index in [9.17, 15) is 0 Å². The zero-order chi connectivity index (χ0) is 7.40. The Kier molecular flexibility index (Phi) is 2.81. The molecule has 0 aliphatic rings. The summed E-state index contributed by atoms with van der Waals surface area (Å²) in [5.74, 6) is 2.49. The SMILES string of the molecule is CC(CCS)c1ncc[nH]1. The molecule has 1 atom stereocenters. The first-order chi connectivity index (χ1) is 4.84. The Labute approximate surface area is 66.5 Å². The lowest BCUT2D eigenvalue weighted by molar-refractivity contribution is 0.696. The van der Waals surface area contributed by atoms with Crippen molar-refractivity contribution in [3.8, 4) is 0 Å². The topological polar surface area (TPSA) is 28.7 Å². The van der Waals surface area contributed by atoms with Crippen LogP contribution in [0.5, 0.6) is 0 Å². The Morgan fingerprint density at radius 2 is 2.60 bits per heavy atom. The zero-order valence-electron chi connectivity index (χ0n) is 6.04. The Morgan fingerprint density at radius 1 is 1.80 bits per heavy atom. The van der Waals surface area contributed by atoms with Crippen molar-refractivity contribution in [3.63, 3.8) is 0 Å². The summed E-state index contributed by atoms with van der Waals surface area (Å²) in [7, 11) is 0. The van der Waals surface area contributed by atoms with Crippen LogP contribution in [0.2, 0.25) is 0 Å². The van der Waals surface area contributed by atoms with Gasteiger partial charge in [0.1, 0.15) is 5.82 Å². The number of rotatable bonds is 3. The molecule has 2 nitrogen and oxygen atoms in total. The molecule has 0 aliphatic heterocycles. The van der Waals surface area contributed by atoms with Crippen molar-refractivity contribution in [2.24, 2.45) is 0 Å². The number of aromatic amines is 1. The fraction of sp³-hybridized carbons (Fsp3) is 0.571. The second-order valence-electron chi connectivity index (χ2n) is 2.39. The highest BCUT2D eigenvalue weighted by Gasteiger charge is 2.04. The fourth-order valence-corrected chi connectivity index (χ4v) is 1.26. The van der Waals surface area contributed by atoms with Crippen LogP contribution in [0.25, 0.3) is 0 Å². The molecule has 0 bridgehead atoms. The molecule has 0 fully saturated rings. The van der Waals surface area contributed by atoms with E-state index in [0.29, 0.717) is 5.92 Å². The van der Waals surface area contributed by atoms with Gasteiger partial charge in [0, 0.05) is 18.3 Å². The lowest BCUT2D eigenvalue weighted by Gasteiger charge is -2.03. The molecule has 0 aliphatic carbocycles. The maximum atomic E-state index is 4.15. The van der Waals surface area contributed by atoms with Crippen LogP contribution in [0.4, 0.5) is 0 Å². The number of nitrogens with zero attached hydrogens (tertiary/aromatic N) is 1. The van der Waals surface area contributed by atoms with Crippen LogP contribution in [0.3, 0.4) is 0 Å². The maximum Gasteiger partial charge on any atom is 0.108 e. The van der Waals surface area contributed by atoms with Crippen molar-refractivity contribution >= 4 is 12.6 Å². The van der Waals surface area contributed by atoms with Crippen LogP contribution < -0.4 is 0 Å². The van der Waals surface area contributed by atoms with Crippen LogP contribution in [-0.4, -0.2) is 15.7 Å². The molecule has 56 valence electrons. The molecule has 0 spiro atoms. The molecule has 3 heteroatoms. The molecule has 1 N–H and O–H groups in total. The van der Waals surface area contributed by atoms with Gasteiger partial charge >= 0.3 is 0 Å². The fourth-order valence-electron chi connectivity index (χ4n) is 0.877. The van der Waals surface area contributed by atoms with Crippen LogP contribution in [0.1, 0.15) is 25.1 Å². The predicted molar refractivity (Wildman–Crippen MR) is 45.5 cm³/mol. The summed E-state index contributed by atoms with van der Waals surface area (Å²) in [5, 5.41) is 0. The second-order valence-corrected chi connectivity index (χ2v) is 2.83. The van der Waals surface area contributed by atoms with Gasteiger partial charge in [-0.1, -0.05) is 6.92 Å². The van der Waals surface area contributed by atoms with Crippen molar-refractivity contribution < 1.29 is 0 Å². The summed E-state index contributed by atoms with van der Waals surface area (Å²) in [4.78, 5) is 7.22. The molecule has 10 heavy (non-hydrogen) atoms. The maximum absolute atomic E-state index is 4.15. The van der Waals surface area contributed by atoms with Gasteiger partial charge in [0.05, 0.1) is 0 Å². The van der Waals surface area contributed by atoms with Gasteiger partial charge in [-0.25, -0.2) is 4.98 Å². The van der Waals surface area contributed by atoms with E-state index in [1.165, 1.54) is 0 Å². The van der Waals surface area contributed by atoms with Gasteiger partial charge in [-0.05, 0) is 12.2 Å². The summed E-state index contributed by atoms with van der Waals surface area (Å²) in [6.07, 6.45) is 4.71. The standard InChI is InChI=1S/C7H12N2S/c1-6(2-5-10)7-8-3-4-9-7/h3-4,6,10H,2,5H2,1H3,(H,8,9). The molecule has 0 saturated heterocycles. The van der Waals surface area contributed by atoms with Crippen molar-refractivity contribution in [3.05, 3.63) is 18.2 Å². The van der Waals surface area contributed by atoms with E-state index in [1.807, 2.05) is 6.20 Å². The Morgan fingerprint density at radius 3 is 3.10 bits per heavy atom. The van der Waals surface area contributed by atoms with E-state index in [-0.39, 0.29) is 0 Å². The highest BCUT2D eigenvalue weighted by molar-refractivity contribution is 7.80. The van der Waals surface area contributed by atoms with Crippen molar-refractivity contribution in [1.82, 2.24) is 9.97 Å². The first-order valence-corrected chi connectivity index (χ1v) is 4.08. The number of aromatic nitrogens is 2. The van der Waals surface area contributed by atoms with Gasteiger partial charge in [0.2, 0.25) is 0 Å². The minimum Gasteiger partial charge on any atom is -0.348 e. The van der Waals surface area contributed by atoms with E-state index < -0.39 is 0 Å². The zero-order valence-corrected chi connectivity index (χ0v) is 6.94. The smallest absolute Gasteiger partial charge is 0.108 e. The van der Waals surface area contributed by atoms with E-state index in [1.54, 1.807) is 6.20 Å². The molecule has 1 aromatic heterocycles.